The van der Waals surface area contributed by atoms with Crippen LogP contribution in [0.1, 0.15) is 44.6 Å². The molecule has 0 unspecified atom stereocenters. The van der Waals surface area contributed by atoms with Gasteiger partial charge < -0.3 is 10.1 Å². The summed E-state index contributed by atoms with van der Waals surface area (Å²) in [6, 6.07) is 4.03. The van der Waals surface area contributed by atoms with E-state index in [-0.39, 0.29) is 0 Å². The third-order valence-corrected chi connectivity index (χ3v) is 3.97. The molecule has 1 saturated carbocycles. The molecule has 1 aromatic rings. The molecule has 100 valence electrons. The zero-order valence-electron chi connectivity index (χ0n) is 11.5. The molecule has 2 rings (SSSR count). The Labute approximate surface area is 110 Å². The molecule has 1 heterocycles. The van der Waals surface area contributed by atoms with Gasteiger partial charge in [-0.25, -0.2) is 4.98 Å². The van der Waals surface area contributed by atoms with Crippen molar-refractivity contribution in [3.05, 3.63) is 23.9 Å². The number of nitrogens with zero attached hydrogens (tertiary/aromatic N) is 1. The zero-order chi connectivity index (χ0) is 12.8. The Morgan fingerprint density at radius 3 is 2.83 bits per heavy atom. The number of pyridine rings is 1. The van der Waals surface area contributed by atoms with E-state index in [1.165, 1.54) is 32.1 Å². The largest absolute Gasteiger partial charge is 0.481 e. The monoisotopic (exact) mass is 248 g/mol. The smallest absolute Gasteiger partial charge is 0.217 e. The molecule has 0 amide bonds. The van der Waals surface area contributed by atoms with Gasteiger partial charge in [0.1, 0.15) is 0 Å². The van der Waals surface area contributed by atoms with Gasteiger partial charge in [-0.2, -0.15) is 0 Å². The molecule has 3 nitrogen and oxygen atoms in total. The molecule has 1 aliphatic carbocycles. The summed E-state index contributed by atoms with van der Waals surface area (Å²) >= 11 is 0. The molecule has 0 radical (unpaired) electrons. The standard InChI is InChI=1S/C15H24N2O/c1-15(8-4-3-5-9-15)12-16-11-13-7-6-10-17-14(13)18-2/h6-7,10,16H,3-5,8-9,11-12H2,1-2H3. The minimum atomic E-state index is 0.480. The molecule has 3 heteroatoms. The predicted molar refractivity (Wildman–Crippen MR) is 73.7 cm³/mol. The summed E-state index contributed by atoms with van der Waals surface area (Å²) in [7, 11) is 1.67. The van der Waals surface area contributed by atoms with E-state index in [9.17, 15) is 0 Å². The first-order valence-electron chi connectivity index (χ1n) is 6.92. The number of hydrogen-bond acceptors (Lipinski definition) is 3. The number of aromatic nitrogens is 1. The van der Waals surface area contributed by atoms with E-state index in [1.54, 1.807) is 13.3 Å². The Morgan fingerprint density at radius 2 is 2.11 bits per heavy atom. The second kappa shape index (κ2) is 6.19. The van der Waals surface area contributed by atoms with Crippen LogP contribution >= 0.6 is 0 Å². The summed E-state index contributed by atoms with van der Waals surface area (Å²) in [4.78, 5) is 4.22. The van der Waals surface area contributed by atoms with Crippen LogP contribution in [0, 0.1) is 5.41 Å². The molecule has 0 bridgehead atoms. The van der Waals surface area contributed by atoms with Crippen molar-refractivity contribution in [2.45, 2.75) is 45.6 Å². The van der Waals surface area contributed by atoms with Crippen molar-refractivity contribution < 1.29 is 4.74 Å². The second-order valence-corrected chi connectivity index (χ2v) is 5.65. The van der Waals surface area contributed by atoms with E-state index in [2.05, 4.69) is 23.3 Å². The van der Waals surface area contributed by atoms with Crippen molar-refractivity contribution in [3.63, 3.8) is 0 Å². The third-order valence-electron chi connectivity index (χ3n) is 3.97. The van der Waals surface area contributed by atoms with Crippen LogP contribution in [0.3, 0.4) is 0 Å². The average Bonchev–Trinajstić information content (AvgIpc) is 2.40. The molecule has 0 spiro atoms. The Balaban J connectivity index is 1.84. The summed E-state index contributed by atoms with van der Waals surface area (Å²) in [5.74, 6) is 0.735. The first-order valence-corrected chi connectivity index (χ1v) is 6.92. The first-order chi connectivity index (χ1) is 8.73. The minimum Gasteiger partial charge on any atom is -0.481 e. The van der Waals surface area contributed by atoms with E-state index in [0.29, 0.717) is 5.41 Å². The summed E-state index contributed by atoms with van der Waals surface area (Å²) in [5, 5.41) is 3.57. The molecule has 0 aromatic carbocycles. The van der Waals surface area contributed by atoms with Crippen LogP contribution < -0.4 is 10.1 Å². The molecule has 1 N–H and O–H groups in total. The SMILES string of the molecule is COc1ncccc1CNCC1(C)CCCCC1. The normalized spacial score (nSPS) is 18.6. The Kier molecular flexibility index (Phi) is 4.59. The molecule has 0 saturated heterocycles. The van der Waals surface area contributed by atoms with Crippen molar-refractivity contribution in [2.75, 3.05) is 13.7 Å². The topological polar surface area (TPSA) is 34.1 Å². The van der Waals surface area contributed by atoms with Crippen molar-refractivity contribution in [2.24, 2.45) is 5.41 Å². The number of hydrogen-bond donors (Lipinski definition) is 1. The maximum Gasteiger partial charge on any atom is 0.217 e. The van der Waals surface area contributed by atoms with Gasteiger partial charge in [0.25, 0.3) is 0 Å². The van der Waals surface area contributed by atoms with Crippen LogP contribution in [0.4, 0.5) is 0 Å². The lowest BCUT2D eigenvalue weighted by molar-refractivity contribution is 0.207. The molecule has 0 aliphatic heterocycles. The van der Waals surface area contributed by atoms with Crippen molar-refractivity contribution in [3.8, 4) is 5.88 Å². The molecular formula is C15H24N2O. The quantitative estimate of drug-likeness (QED) is 0.869. The lowest BCUT2D eigenvalue weighted by atomic mass is 9.76. The Hall–Kier alpha value is -1.09. The van der Waals surface area contributed by atoms with Gasteiger partial charge in [-0.05, 0) is 24.3 Å². The Morgan fingerprint density at radius 1 is 1.33 bits per heavy atom. The summed E-state index contributed by atoms with van der Waals surface area (Å²) < 4.78 is 5.26. The van der Waals surface area contributed by atoms with E-state index < -0.39 is 0 Å². The van der Waals surface area contributed by atoms with Gasteiger partial charge in [0.15, 0.2) is 0 Å². The fraction of sp³-hybridized carbons (Fsp3) is 0.667. The second-order valence-electron chi connectivity index (χ2n) is 5.65. The van der Waals surface area contributed by atoms with Gasteiger partial charge in [0.05, 0.1) is 7.11 Å². The van der Waals surface area contributed by atoms with Gasteiger partial charge in [-0.3, -0.25) is 0 Å². The van der Waals surface area contributed by atoms with Crippen molar-refractivity contribution in [1.29, 1.82) is 0 Å². The highest BCUT2D eigenvalue weighted by Gasteiger charge is 2.26. The molecular weight excluding hydrogens is 224 g/mol. The van der Waals surface area contributed by atoms with E-state index in [1.807, 2.05) is 6.07 Å². The molecule has 18 heavy (non-hydrogen) atoms. The average molecular weight is 248 g/mol. The van der Waals surface area contributed by atoms with Crippen LogP contribution in [0.5, 0.6) is 5.88 Å². The van der Waals surface area contributed by atoms with Gasteiger partial charge in [-0.15, -0.1) is 0 Å². The maximum absolute atomic E-state index is 5.26. The predicted octanol–water partition coefficient (Wildman–Crippen LogP) is 3.15. The highest BCUT2D eigenvalue weighted by molar-refractivity contribution is 5.24. The van der Waals surface area contributed by atoms with E-state index in [4.69, 9.17) is 4.74 Å². The fourth-order valence-corrected chi connectivity index (χ4v) is 2.82. The van der Waals surface area contributed by atoms with Crippen LogP contribution in [-0.4, -0.2) is 18.6 Å². The van der Waals surface area contributed by atoms with E-state index in [0.717, 1.165) is 24.5 Å². The highest BCUT2D eigenvalue weighted by atomic mass is 16.5. The Bertz CT molecular complexity index is 373. The van der Waals surface area contributed by atoms with E-state index >= 15 is 0 Å². The molecule has 1 aliphatic rings. The van der Waals surface area contributed by atoms with Gasteiger partial charge in [0.2, 0.25) is 5.88 Å². The van der Waals surface area contributed by atoms with Crippen molar-refractivity contribution in [1.82, 2.24) is 10.3 Å². The number of ether oxygens (including phenoxy) is 1. The maximum atomic E-state index is 5.26. The number of methoxy groups -OCH3 is 1. The summed E-state index contributed by atoms with van der Waals surface area (Å²) in [6.07, 6.45) is 8.65. The first kappa shape index (κ1) is 13.3. The van der Waals surface area contributed by atoms with Gasteiger partial charge in [-0.1, -0.05) is 32.3 Å². The third kappa shape index (κ3) is 3.45. The minimum absolute atomic E-state index is 0.480. The van der Waals surface area contributed by atoms with Gasteiger partial charge in [0, 0.05) is 24.8 Å². The van der Waals surface area contributed by atoms with Crippen LogP contribution in [0.25, 0.3) is 0 Å². The zero-order valence-corrected chi connectivity index (χ0v) is 11.5. The summed E-state index contributed by atoms with van der Waals surface area (Å²) in [6.45, 7) is 4.33. The lowest BCUT2D eigenvalue weighted by Crippen LogP contribution is -2.33. The highest BCUT2D eigenvalue weighted by Crippen LogP contribution is 2.35. The van der Waals surface area contributed by atoms with Crippen LogP contribution in [0.2, 0.25) is 0 Å². The number of nitrogens with one attached hydrogen (secondary N) is 1. The lowest BCUT2D eigenvalue weighted by Gasteiger charge is -2.33. The van der Waals surface area contributed by atoms with Crippen LogP contribution in [-0.2, 0) is 6.54 Å². The van der Waals surface area contributed by atoms with Crippen LogP contribution in [0.15, 0.2) is 18.3 Å². The fourth-order valence-electron chi connectivity index (χ4n) is 2.82. The van der Waals surface area contributed by atoms with Gasteiger partial charge >= 0.3 is 0 Å². The molecule has 1 aromatic heterocycles. The number of rotatable bonds is 5. The molecule has 1 fully saturated rings. The summed E-state index contributed by atoms with van der Waals surface area (Å²) in [5.41, 5.74) is 1.62. The van der Waals surface area contributed by atoms with Crippen molar-refractivity contribution >= 4 is 0 Å². The molecule has 0 atom stereocenters.